The van der Waals surface area contributed by atoms with Crippen LogP contribution in [-0.2, 0) is 11.3 Å². The number of hydrogen-bond acceptors (Lipinski definition) is 7. The van der Waals surface area contributed by atoms with Crippen molar-refractivity contribution in [2.75, 3.05) is 19.7 Å². The lowest BCUT2D eigenvalue weighted by atomic mass is 9.97. The van der Waals surface area contributed by atoms with Gasteiger partial charge in [0, 0.05) is 11.3 Å². The van der Waals surface area contributed by atoms with Gasteiger partial charge in [0.25, 0.3) is 0 Å². The van der Waals surface area contributed by atoms with Crippen LogP contribution in [0.25, 0.3) is 0 Å². The van der Waals surface area contributed by atoms with Gasteiger partial charge >= 0.3 is 5.97 Å². The van der Waals surface area contributed by atoms with E-state index in [2.05, 4.69) is 14.9 Å². The number of esters is 1. The Bertz CT molecular complexity index is 682. The van der Waals surface area contributed by atoms with E-state index in [4.69, 9.17) is 9.15 Å². The molecule has 1 fully saturated rings. The van der Waals surface area contributed by atoms with Gasteiger partial charge in [0.2, 0.25) is 5.89 Å². The van der Waals surface area contributed by atoms with E-state index in [1.54, 1.807) is 23.6 Å². The normalized spacial score (nSPS) is 16.5. The molecule has 2 aromatic rings. The Labute approximate surface area is 145 Å². The molecule has 3 heterocycles. The molecule has 2 aromatic heterocycles. The third kappa shape index (κ3) is 3.84. The van der Waals surface area contributed by atoms with E-state index >= 15 is 0 Å². The van der Waals surface area contributed by atoms with Crippen LogP contribution in [0.2, 0.25) is 0 Å². The van der Waals surface area contributed by atoms with E-state index in [9.17, 15) is 4.79 Å². The van der Waals surface area contributed by atoms with Gasteiger partial charge in [0.05, 0.1) is 23.9 Å². The smallest absolute Gasteiger partial charge is 0.357 e. The van der Waals surface area contributed by atoms with Crippen molar-refractivity contribution in [1.29, 1.82) is 0 Å². The molecule has 1 saturated heterocycles. The predicted octanol–water partition coefficient (Wildman–Crippen LogP) is 3.30. The van der Waals surface area contributed by atoms with E-state index < -0.39 is 0 Å². The summed E-state index contributed by atoms with van der Waals surface area (Å²) in [6.07, 6.45) is 2.07. The average molecular weight is 349 g/mol. The average Bonchev–Trinajstić information content (AvgIpc) is 3.16. The Kier molecular flexibility index (Phi) is 5.30. The Hall–Kier alpha value is -1.73. The number of carbonyl (C=O) groups is 1. The lowest BCUT2D eigenvalue weighted by Crippen LogP contribution is -2.32. The predicted molar refractivity (Wildman–Crippen MR) is 91.3 cm³/mol. The second-order valence-electron chi connectivity index (χ2n) is 6.09. The number of rotatable bonds is 5. The third-order valence-electron chi connectivity index (χ3n) is 4.38. The fourth-order valence-corrected chi connectivity index (χ4v) is 3.87. The van der Waals surface area contributed by atoms with Gasteiger partial charge in [0.1, 0.15) is 5.76 Å². The maximum atomic E-state index is 11.7. The largest absolute Gasteiger partial charge is 0.461 e. The minimum absolute atomic E-state index is 0.327. The van der Waals surface area contributed by atoms with Gasteiger partial charge in [-0.25, -0.2) is 14.8 Å². The van der Waals surface area contributed by atoms with Crippen molar-refractivity contribution in [2.45, 2.75) is 46.1 Å². The van der Waals surface area contributed by atoms with Gasteiger partial charge in [-0.3, -0.25) is 4.90 Å². The molecule has 7 heteroatoms. The molecule has 0 bridgehead atoms. The zero-order valence-electron chi connectivity index (χ0n) is 14.4. The molecule has 24 heavy (non-hydrogen) atoms. The molecule has 0 radical (unpaired) electrons. The van der Waals surface area contributed by atoms with Crippen molar-refractivity contribution in [2.24, 2.45) is 0 Å². The summed E-state index contributed by atoms with van der Waals surface area (Å²) in [7, 11) is 0. The SMILES string of the molecule is CCOC(=O)c1csc(C2CCN(Cc3nc(C)c(C)o3)CC2)n1. The number of piperidine rings is 1. The van der Waals surface area contributed by atoms with E-state index in [0.717, 1.165) is 54.8 Å². The molecule has 1 aliphatic rings. The minimum Gasteiger partial charge on any atom is -0.461 e. The van der Waals surface area contributed by atoms with Gasteiger partial charge in [-0.1, -0.05) is 0 Å². The number of hydrogen-bond donors (Lipinski definition) is 0. The van der Waals surface area contributed by atoms with Gasteiger partial charge in [-0.15, -0.1) is 11.3 Å². The van der Waals surface area contributed by atoms with Gasteiger partial charge in [0.15, 0.2) is 5.69 Å². The van der Waals surface area contributed by atoms with E-state index in [-0.39, 0.29) is 5.97 Å². The maximum Gasteiger partial charge on any atom is 0.357 e. The van der Waals surface area contributed by atoms with Crippen LogP contribution in [0.15, 0.2) is 9.80 Å². The number of aromatic nitrogens is 2. The van der Waals surface area contributed by atoms with Crippen LogP contribution in [0.5, 0.6) is 0 Å². The molecular formula is C17H23N3O3S. The summed E-state index contributed by atoms with van der Waals surface area (Å²) in [5.74, 6) is 1.78. The van der Waals surface area contributed by atoms with Crippen LogP contribution in [0.1, 0.15) is 58.5 Å². The Morgan fingerprint density at radius 2 is 2.12 bits per heavy atom. The summed E-state index contributed by atoms with van der Waals surface area (Å²) in [4.78, 5) is 23.0. The molecule has 6 nitrogen and oxygen atoms in total. The quantitative estimate of drug-likeness (QED) is 0.772. The summed E-state index contributed by atoms with van der Waals surface area (Å²) in [6, 6.07) is 0. The second-order valence-corrected chi connectivity index (χ2v) is 6.98. The van der Waals surface area contributed by atoms with Crippen molar-refractivity contribution >= 4 is 17.3 Å². The molecule has 0 saturated carbocycles. The monoisotopic (exact) mass is 349 g/mol. The topological polar surface area (TPSA) is 68.5 Å². The maximum absolute atomic E-state index is 11.7. The lowest BCUT2D eigenvalue weighted by molar-refractivity contribution is 0.0520. The lowest BCUT2D eigenvalue weighted by Gasteiger charge is -2.29. The highest BCUT2D eigenvalue weighted by atomic mass is 32.1. The number of likely N-dealkylation sites (tertiary alicyclic amines) is 1. The number of oxazole rings is 1. The second kappa shape index (κ2) is 7.44. The zero-order chi connectivity index (χ0) is 17.1. The molecule has 0 aliphatic carbocycles. The summed E-state index contributed by atoms with van der Waals surface area (Å²) >= 11 is 1.56. The minimum atomic E-state index is -0.327. The molecule has 0 atom stereocenters. The Balaban J connectivity index is 1.54. The van der Waals surface area contributed by atoms with E-state index in [1.807, 2.05) is 13.8 Å². The van der Waals surface area contributed by atoms with Crippen LogP contribution < -0.4 is 0 Å². The molecule has 0 unspecified atom stereocenters. The van der Waals surface area contributed by atoms with Crippen LogP contribution in [0.3, 0.4) is 0 Å². The number of nitrogens with zero attached hydrogens (tertiary/aromatic N) is 3. The van der Waals surface area contributed by atoms with Crippen LogP contribution in [0, 0.1) is 13.8 Å². The highest BCUT2D eigenvalue weighted by Gasteiger charge is 2.25. The molecule has 3 rings (SSSR count). The van der Waals surface area contributed by atoms with Crippen molar-refractivity contribution in [1.82, 2.24) is 14.9 Å². The Morgan fingerprint density at radius 1 is 1.38 bits per heavy atom. The number of ether oxygens (including phenoxy) is 1. The highest BCUT2D eigenvalue weighted by Crippen LogP contribution is 2.31. The molecule has 0 amide bonds. The number of aryl methyl sites for hydroxylation is 2. The number of thiazole rings is 1. The zero-order valence-corrected chi connectivity index (χ0v) is 15.2. The van der Waals surface area contributed by atoms with Gasteiger partial charge in [-0.05, 0) is 46.7 Å². The van der Waals surface area contributed by atoms with Crippen LogP contribution in [-0.4, -0.2) is 40.5 Å². The standard InChI is InChI=1S/C17H23N3O3S/c1-4-22-17(21)14-10-24-16(19-14)13-5-7-20(8-6-13)9-15-18-11(2)12(3)23-15/h10,13H,4-9H2,1-3H3. The molecule has 0 aromatic carbocycles. The number of carbonyl (C=O) groups excluding carboxylic acids is 1. The molecule has 0 spiro atoms. The van der Waals surface area contributed by atoms with E-state index in [1.165, 1.54) is 0 Å². The summed E-state index contributed by atoms with van der Waals surface area (Å²) < 4.78 is 10.7. The first kappa shape index (κ1) is 17.1. The summed E-state index contributed by atoms with van der Waals surface area (Å²) in [5.41, 5.74) is 1.40. The van der Waals surface area contributed by atoms with Crippen LogP contribution >= 0.6 is 11.3 Å². The fourth-order valence-electron chi connectivity index (χ4n) is 2.91. The summed E-state index contributed by atoms with van der Waals surface area (Å²) in [6.45, 7) is 8.83. The van der Waals surface area contributed by atoms with Crippen molar-refractivity contribution < 1.29 is 13.9 Å². The molecule has 1 aliphatic heterocycles. The molecular weight excluding hydrogens is 326 g/mol. The molecule has 130 valence electrons. The van der Waals surface area contributed by atoms with E-state index in [0.29, 0.717) is 18.2 Å². The van der Waals surface area contributed by atoms with Gasteiger partial charge in [-0.2, -0.15) is 0 Å². The summed E-state index contributed by atoms with van der Waals surface area (Å²) in [5, 5.41) is 2.85. The Morgan fingerprint density at radius 3 is 2.75 bits per heavy atom. The van der Waals surface area contributed by atoms with Crippen molar-refractivity contribution in [3.63, 3.8) is 0 Å². The highest BCUT2D eigenvalue weighted by molar-refractivity contribution is 7.09. The van der Waals surface area contributed by atoms with Crippen LogP contribution in [0.4, 0.5) is 0 Å². The van der Waals surface area contributed by atoms with Gasteiger partial charge < -0.3 is 9.15 Å². The first-order valence-electron chi connectivity index (χ1n) is 8.34. The van der Waals surface area contributed by atoms with Crippen molar-refractivity contribution in [3.05, 3.63) is 33.4 Å². The first-order chi connectivity index (χ1) is 11.6. The third-order valence-corrected chi connectivity index (χ3v) is 5.38. The molecule has 0 N–H and O–H groups in total. The van der Waals surface area contributed by atoms with Crippen molar-refractivity contribution in [3.8, 4) is 0 Å². The first-order valence-corrected chi connectivity index (χ1v) is 9.22. The fraction of sp³-hybridized carbons (Fsp3) is 0.588.